The molecule has 2 rings (SSSR count). The molecule has 2 aromatic rings. The lowest BCUT2D eigenvalue weighted by atomic mass is 9.98. The fourth-order valence-corrected chi connectivity index (χ4v) is 3.06. The van der Waals surface area contributed by atoms with Crippen molar-refractivity contribution in [3.8, 4) is 11.1 Å². The van der Waals surface area contributed by atoms with E-state index in [1.165, 1.54) is 18.2 Å². The van der Waals surface area contributed by atoms with E-state index < -0.39 is 23.7 Å². The van der Waals surface area contributed by atoms with E-state index >= 15 is 0 Å². The number of nitrogens with one attached hydrogen (secondary N) is 2. The first-order valence-electron chi connectivity index (χ1n) is 9.58. The molecule has 162 valence electrons. The topological polar surface area (TPSA) is 58.2 Å². The normalized spacial score (nSPS) is 12.3. The Bertz CT molecular complexity index is 1020. The lowest BCUT2D eigenvalue weighted by Gasteiger charge is -2.16. The largest absolute Gasteiger partial charge is 0.417 e. The van der Waals surface area contributed by atoms with E-state index in [2.05, 4.69) is 17.2 Å². The Labute approximate surface area is 179 Å². The highest BCUT2D eigenvalue weighted by Gasteiger charge is 2.34. The molecular weight excluding hydrogens is 405 g/mol. The zero-order valence-electron chi connectivity index (χ0n) is 17.2. The highest BCUT2D eigenvalue weighted by atomic mass is 19.4. The van der Waals surface area contributed by atoms with Crippen molar-refractivity contribution in [2.45, 2.75) is 26.4 Å². The summed E-state index contributed by atoms with van der Waals surface area (Å²) in [5.74, 6) is -0.660. The molecular formula is C24H23F3N2O2. The number of urea groups is 1. The van der Waals surface area contributed by atoms with Crippen LogP contribution in [0.15, 0.2) is 84.5 Å². The number of carbonyl (C=O) groups is 2. The molecule has 0 bridgehead atoms. The molecule has 0 heterocycles. The third kappa shape index (κ3) is 6.18. The van der Waals surface area contributed by atoms with E-state index in [0.29, 0.717) is 17.6 Å². The fourth-order valence-electron chi connectivity index (χ4n) is 3.06. The van der Waals surface area contributed by atoms with Crippen LogP contribution in [0.25, 0.3) is 11.1 Å². The van der Waals surface area contributed by atoms with Gasteiger partial charge in [-0.05, 0) is 42.2 Å². The van der Waals surface area contributed by atoms with Gasteiger partial charge < -0.3 is 5.32 Å². The molecule has 0 aliphatic carbocycles. The average molecular weight is 428 g/mol. The number of hydrogen-bond acceptors (Lipinski definition) is 2. The van der Waals surface area contributed by atoms with Gasteiger partial charge in [0.1, 0.15) is 0 Å². The molecule has 0 fully saturated rings. The Balaban J connectivity index is 2.25. The number of carbonyl (C=O) groups excluding carboxylic acids is 2. The number of amides is 3. The maximum atomic E-state index is 13.6. The summed E-state index contributed by atoms with van der Waals surface area (Å²) in [5.41, 5.74) is 0.381. The molecule has 2 aromatic carbocycles. The molecule has 4 nitrogen and oxygen atoms in total. The number of hydrogen-bond donors (Lipinski definition) is 2. The Morgan fingerprint density at radius 1 is 1.10 bits per heavy atom. The summed E-state index contributed by atoms with van der Waals surface area (Å²) < 4.78 is 40.8. The van der Waals surface area contributed by atoms with E-state index in [-0.39, 0.29) is 16.8 Å². The predicted molar refractivity (Wildman–Crippen MR) is 116 cm³/mol. The first-order chi connectivity index (χ1) is 14.7. The summed E-state index contributed by atoms with van der Waals surface area (Å²) >= 11 is 0. The predicted octanol–water partition coefficient (Wildman–Crippen LogP) is 6.49. The zero-order valence-corrected chi connectivity index (χ0v) is 17.2. The molecule has 0 saturated carbocycles. The van der Waals surface area contributed by atoms with Gasteiger partial charge in [0.15, 0.2) is 0 Å². The van der Waals surface area contributed by atoms with E-state index in [9.17, 15) is 22.8 Å². The molecule has 0 spiro atoms. The van der Waals surface area contributed by atoms with Crippen LogP contribution in [0.2, 0.25) is 0 Å². The lowest BCUT2D eigenvalue weighted by molar-refractivity contribution is -0.137. The van der Waals surface area contributed by atoms with E-state index in [1.807, 2.05) is 6.92 Å². The molecule has 31 heavy (non-hydrogen) atoms. The van der Waals surface area contributed by atoms with Crippen LogP contribution in [0.1, 0.15) is 25.8 Å². The van der Waals surface area contributed by atoms with Gasteiger partial charge in [0.05, 0.1) is 5.56 Å². The SMILES string of the molecule is C=C/C=C(CC)\C(=C/C)C(=O)NC(=O)Nc1ccc(-c2ccccc2)c(C(F)(F)F)c1. The first kappa shape index (κ1) is 23.7. The van der Waals surface area contributed by atoms with Crippen LogP contribution < -0.4 is 10.6 Å². The number of anilines is 1. The highest BCUT2D eigenvalue weighted by Crippen LogP contribution is 2.38. The Kier molecular flexibility index (Phi) is 7.96. The van der Waals surface area contributed by atoms with Gasteiger partial charge in [0.2, 0.25) is 0 Å². The zero-order chi connectivity index (χ0) is 23.0. The van der Waals surface area contributed by atoms with Gasteiger partial charge in [-0.1, -0.05) is 68.1 Å². The summed E-state index contributed by atoms with van der Waals surface area (Å²) in [7, 11) is 0. The Hall–Kier alpha value is -3.61. The van der Waals surface area contributed by atoms with Gasteiger partial charge in [-0.3, -0.25) is 10.1 Å². The van der Waals surface area contributed by atoms with E-state index in [0.717, 1.165) is 6.07 Å². The summed E-state index contributed by atoms with van der Waals surface area (Å²) in [6, 6.07) is 10.7. The average Bonchev–Trinajstić information content (AvgIpc) is 2.73. The first-order valence-corrected chi connectivity index (χ1v) is 9.58. The van der Waals surface area contributed by atoms with Crippen molar-refractivity contribution in [2.75, 3.05) is 5.32 Å². The molecule has 0 unspecified atom stereocenters. The third-order valence-corrected chi connectivity index (χ3v) is 4.47. The summed E-state index contributed by atoms with van der Waals surface area (Å²) in [6.45, 7) is 7.09. The molecule has 0 aliphatic heterocycles. The van der Waals surface area contributed by atoms with Crippen LogP contribution in [0.4, 0.5) is 23.7 Å². The van der Waals surface area contributed by atoms with Gasteiger partial charge in [-0.25, -0.2) is 4.79 Å². The molecule has 0 aromatic heterocycles. The van der Waals surface area contributed by atoms with Crippen LogP contribution in [0.3, 0.4) is 0 Å². The molecule has 0 atom stereocenters. The maximum absolute atomic E-state index is 13.6. The van der Waals surface area contributed by atoms with Gasteiger partial charge in [0, 0.05) is 11.3 Å². The molecule has 0 saturated heterocycles. The second-order valence-electron chi connectivity index (χ2n) is 6.52. The van der Waals surface area contributed by atoms with Crippen molar-refractivity contribution in [1.82, 2.24) is 5.32 Å². The van der Waals surface area contributed by atoms with Crippen molar-refractivity contribution in [1.29, 1.82) is 0 Å². The third-order valence-electron chi connectivity index (χ3n) is 4.47. The maximum Gasteiger partial charge on any atom is 0.417 e. The minimum absolute atomic E-state index is 0.00603. The quantitative estimate of drug-likeness (QED) is 0.408. The van der Waals surface area contributed by atoms with Crippen LogP contribution in [0, 0.1) is 0 Å². The van der Waals surface area contributed by atoms with Crippen molar-refractivity contribution < 1.29 is 22.8 Å². The lowest BCUT2D eigenvalue weighted by Crippen LogP contribution is -2.35. The van der Waals surface area contributed by atoms with Crippen LogP contribution in [0.5, 0.6) is 0 Å². The highest BCUT2D eigenvalue weighted by molar-refractivity contribution is 6.09. The van der Waals surface area contributed by atoms with Gasteiger partial charge in [-0.2, -0.15) is 13.2 Å². The second kappa shape index (κ2) is 10.4. The van der Waals surface area contributed by atoms with Gasteiger partial charge in [-0.15, -0.1) is 0 Å². The number of alkyl halides is 3. The summed E-state index contributed by atoms with van der Waals surface area (Å²) in [5, 5.41) is 4.44. The number of halogens is 3. The van der Waals surface area contributed by atoms with E-state index in [1.54, 1.807) is 49.4 Å². The number of benzene rings is 2. The van der Waals surface area contributed by atoms with Crippen molar-refractivity contribution in [3.63, 3.8) is 0 Å². The van der Waals surface area contributed by atoms with Crippen molar-refractivity contribution in [3.05, 3.63) is 90.0 Å². The minimum atomic E-state index is -4.63. The van der Waals surface area contributed by atoms with Gasteiger partial charge in [0.25, 0.3) is 5.91 Å². The standard InChI is InChI=1S/C24H23F3N2O2/c1-4-10-16(5-2)19(6-3)22(30)29-23(31)28-18-13-14-20(17-11-8-7-9-12-17)21(15-18)24(25,26)27/h4,6-15H,1,5H2,2-3H3,(H2,28,29,30,31)/b16-10-,19-6+. The molecule has 7 heteroatoms. The number of rotatable bonds is 6. The molecule has 3 amide bonds. The van der Waals surface area contributed by atoms with Crippen molar-refractivity contribution in [2.24, 2.45) is 0 Å². The molecule has 0 radical (unpaired) electrons. The smallest absolute Gasteiger partial charge is 0.308 e. The van der Waals surface area contributed by atoms with E-state index in [4.69, 9.17) is 0 Å². The van der Waals surface area contributed by atoms with Crippen molar-refractivity contribution >= 4 is 17.6 Å². The summed E-state index contributed by atoms with van der Waals surface area (Å²) in [6.07, 6.45) is 0.653. The Morgan fingerprint density at radius 3 is 2.32 bits per heavy atom. The minimum Gasteiger partial charge on any atom is -0.308 e. The number of allylic oxidation sites excluding steroid dienone is 3. The second-order valence-corrected chi connectivity index (χ2v) is 6.52. The van der Waals surface area contributed by atoms with Crippen LogP contribution >= 0.6 is 0 Å². The van der Waals surface area contributed by atoms with Gasteiger partial charge >= 0.3 is 12.2 Å². The molecule has 2 N–H and O–H groups in total. The Morgan fingerprint density at radius 2 is 1.77 bits per heavy atom. The van der Waals surface area contributed by atoms with Crippen LogP contribution in [-0.2, 0) is 11.0 Å². The van der Waals surface area contributed by atoms with Crippen LogP contribution in [-0.4, -0.2) is 11.9 Å². The summed E-state index contributed by atoms with van der Waals surface area (Å²) in [4.78, 5) is 24.7. The monoisotopic (exact) mass is 428 g/mol. The fraction of sp³-hybridized carbons (Fsp3) is 0.167. The number of imide groups is 1. The molecule has 0 aliphatic rings.